The zero-order valence-corrected chi connectivity index (χ0v) is 20.8. The molecule has 0 aliphatic rings. The number of imidazole rings is 1. The number of primary amides is 1. The Hall–Kier alpha value is -2.12. The minimum absolute atomic E-state index is 0.0210. The lowest BCUT2D eigenvalue weighted by Gasteiger charge is -2.40. The highest BCUT2D eigenvalue weighted by Crippen LogP contribution is 2.39. The lowest BCUT2D eigenvalue weighted by Crippen LogP contribution is -2.45. The zero-order chi connectivity index (χ0) is 22.7. The standard InChI is InChI=1S/C23H38N4O2Si/c1-17(29-30(7,8)23(2,3)4)20(27-15-19(22(24)28)25-16-27)14-13-18-11-9-10-12-21(18)26(5)6/h9-12,15-17,20H,13-14H2,1-8H3,(H2,24,28)/t17-,20+/m0/s1. The van der Waals surface area contributed by atoms with Crippen LogP contribution in [0.15, 0.2) is 36.8 Å². The van der Waals surface area contributed by atoms with Crippen LogP contribution in [0.4, 0.5) is 5.69 Å². The van der Waals surface area contributed by atoms with E-state index in [9.17, 15) is 4.79 Å². The van der Waals surface area contributed by atoms with E-state index < -0.39 is 14.2 Å². The van der Waals surface area contributed by atoms with Crippen molar-refractivity contribution in [2.45, 2.75) is 70.8 Å². The van der Waals surface area contributed by atoms with Gasteiger partial charge in [0.15, 0.2) is 8.32 Å². The van der Waals surface area contributed by atoms with Crippen molar-refractivity contribution in [2.75, 3.05) is 19.0 Å². The Morgan fingerprint density at radius 1 is 1.27 bits per heavy atom. The molecule has 0 saturated heterocycles. The first-order chi connectivity index (χ1) is 13.8. The van der Waals surface area contributed by atoms with E-state index in [-0.39, 0.29) is 22.9 Å². The van der Waals surface area contributed by atoms with E-state index >= 15 is 0 Å². The second-order valence-electron chi connectivity index (χ2n) is 9.78. The maximum absolute atomic E-state index is 11.6. The van der Waals surface area contributed by atoms with E-state index in [0.29, 0.717) is 0 Å². The van der Waals surface area contributed by atoms with Crippen LogP contribution in [0.1, 0.15) is 56.2 Å². The average Bonchev–Trinajstić information content (AvgIpc) is 3.11. The predicted molar refractivity (Wildman–Crippen MR) is 127 cm³/mol. The molecule has 0 spiro atoms. The van der Waals surface area contributed by atoms with Crippen molar-refractivity contribution >= 4 is 19.9 Å². The zero-order valence-electron chi connectivity index (χ0n) is 19.8. The Morgan fingerprint density at radius 3 is 2.43 bits per heavy atom. The van der Waals surface area contributed by atoms with Crippen LogP contribution < -0.4 is 10.6 Å². The summed E-state index contributed by atoms with van der Waals surface area (Å²) in [6.07, 6.45) is 5.20. The monoisotopic (exact) mass is 430 g/mol. The van der Waals surface area contributed by atoms with Gasteiger partial charge in [0.1, 0.15) is 5.69 Å². The first kappa shape index (κ1) is 24.1. The first-order valence-corrected chi connectivity index (χ1v) is 13.5. The summed E-state index contributed by atoms with van der Waals surface area (Å²) in [5.74, 6) is -0.511. The van der Waals surface area contributed by atoms with Gasteiger partial charge >= 0.3 is 0 Å². The Bertz CT molecular complexity index is 855. The lowest BCUT2D eigenvalue weighted by atomic mass is 10.00. The predicted octanol–water partition coefficient (Wildman–Crippen LogP) is 4.63. The van der Waals surface area contributed by atoms with Crippen LogP contribution in [-0.4, -0.2) is 44.0 Å². The van der Waals surface area contributed by atoms with Crippen LogP contribution in [0.5, 0.6) is 0 Å². The smallest absolute Gasteiger partial charge is 0.268 e. The Labute approximate surface area is 182 Å². The molecule has 0 aliphatic heterocycles. The highest BCUT2D eigenvalue weighted by atomic mass is 28.4. The number of benzene rings is 1. The minimum Gasteiger partial charge on any atom is -0.412 e. The number of rotatable bonds is 9. The number of aryl methyl sites for hydroxylation is 1. The number of nitrogens with zero attached hydrogens (tertiary/aromatic N) is 3. The quantitative estimate of drug-likeness (QED) is 0.589. The molecule has 6 nitrogen and oxygen atoms in total. The molecular formula is C23H38N4O2Si. The topological polar surface area (TPSA) is 73.4 Å². The Morgan fingerprint density at radius 2 is 1.90 bits per heavy atom. The number of hydrogen-bond donors (Lipinski definition) is 1. The van der Waals surface area contributed by atoms with Gasteiger partial charge < -0.3 is 19.6 Å². The lowest BCUT2D eigenvalue weighted by molar-refractivity contribution is 0.0995. The van der Waals surface area contributed by atoms with Crippen molar-refractivity contribution in [2.24, 2.45) is 5.73 Å². The Kier molecular flexibility index (Phi) is 7.53. The second-order valence-corrected chi connectivity index (χ2v) is 14.5. The van der Waals surface area contributed by atoms with Crippen LogP contribution in [-0.2, 0) is 10.8 Å². The van der Waals surface area contributed by atoms with Gasteiger partial charge in [-0.1, -0.05) is 39.0 Å². The first-order valence-electron chi connectivity index (χ1n) is 10.6. The second kappa shape index (κ2) is 9.35. The third-order valence-corrected chi connectivity index (χ3v) is 10.8. The molecule has 30 heavy (non-hydrogen) atoms. The maximum atomic E-state index is 11.6. The number of anilines is 1. The molecule has 0 radical (unpaired) electrons. The highest BCUT2D eigenvalue weighted by Gasteiger charge is 2.40. The van der Waals surface area contributed by atoms with Crippen LogP contribution in [0.2, 0.25) is 18.1 Å². The molecule has 0 fully saturated rings. The van der Waals surface area contributed by atoms with Crippen LogP contribution in [0, 0.1) is 0 Å². The van der Waals surface area contributed by atoms with Crippen molar-refractivity contribution < 1.29 is 9.22 Å². The summed E-state index contributed by atoms with van der Waals surface area (Å²) in [4.78, 5) is 17.9. The number of nitrogens with two attached hydrogens (primary N) is 1. The number of carbonyl (C=O) groups excluding carboxylic acids is 1. The molecule has 0 bridgehead atoms. The number of para-hydroxylation sites is 1. The third-order valence-electron chi connectivity index (χ3n) is 6.25. The molecule has 0 unspecified atom stereocenters. The van der Waals surface area contributed by atoms with Crippen molar-refractivity contribution in [1.82, 2.24) is 9.55 Å². The van der Waals surface area contributed by atoms with Gasteiger partial charge in [-0.15, -0.1) is 0 Å². The highest BCUT2D eigenvalue weighted by molar-refractivity contribution is 6.74. The van der Waals surface area contributed by atoms with Crippen LogP contribution in [0.25, 0.3) is 0 Å². The maximum Gasteiger partial charge on any atom is 0.268 e. The van der Waals surface area contributed by atoms with E-state index in [4.69, 9.17) is 10.2 Å². The van der Waals surface area contributed by atoms with Gasteiger partial charge in [0.2, 0.25) is 0 Å². The SMILES string of the molecule is C[C@H](O[Si](C)(C)C(C)(C)C)[C@@H](CCc1ccccc1N(C)C)n1cnc(C(N)=O)c1. The molecule has 1 aromatic heterocycles. The van der Waals surface area contributed by atoms with Gasteiger partial charge in [-0.05, 0) is 49.5 Å². The van der Waals surface area contributed by atoms with Crippen LogP contribution >= 0.6 is 0 Å². The van der Waals surface area contributed by atoms with Gasteiger partial charge in [0.05, 0.1) is 18.5 Å². The van der Waals surface area contributed by atoms with E-state index in [1.165, 1.54) is 11.3 Å². The molecular weight excluding hydrogens is 392 g/mol. The largest absolute Gasteiger partial charge is 0.412 e. The van der Waals surface area contributed by atoms with Gasteiger partial charge in [-0.3, -0.25) is 4.79 Å². The minimum atomic E-state index is -1.95. The van der Waals surface area contributed by atoms with Crippen molar-refractivity contribution in [3.8, 4) is 0 Å². The number of hydrogen-bond acceptors (Lipinski definition) is 4. The molecule has 166 valence electrons. The molecule has 2 atom stereocenters. The number of carbonyl (C=O) groups is 1. The number of aromatic nitrogens is 2. The van der Waals surface area contributed by atoms with Gasteiger partial charge in [-0.2, -0.15) is 0 Å². The molecule has 2 N–H and O–H groups in total. The van der Waals surface area contributed by atoms with Crippen molar-refractivity contribution in [1.29, 1.82) is 0 Å². The van der Waals surface area contributed by atoms with E-state index in [1.54, 1.807) is 12.5 Å². The van der Waals surface area contributed by atoms with Crippen LogP contribution in [0.3, 0.4) is 0 Å². The molecule has 7 heteroatoms. The summed E-state index contributed by atoms with van der Waals surface area (Å²) < 4.78 is 8.71. The summed E-state index contributed by atoms with van der Waals surface area (Å²) in [5.41, 5.74) is 8.23. The molecule has 1 amide bonds. The fraction of sp³-hybridized carbons (Fsp3) is 0.565. The van der Waals surface area contributed by atoms with E-state index in [1.807, 2.05) is 4.57 Å². The van der Waals surface area contributed by atoms with Gasteiger partial charge in [-0.25, -0.2) is 4.98 Å². The van der Waals surface area contributed by atoms with E-state index in [0.717, 1.165) is 12.8 Å². The molecule has 0 aliphatic carbocycles. The van der Waals surface area contributed by atoms with Crippen molar-refractivity contribution in [3.05, 3.63) is 48.0 Å². The van der Waals surface area contributed by atoms with Gasteiger partial charge in [0, 0.05) is 26.0 Å². The Balaban J connectivity index is 2.31. The summed E-state index contributed by atoms with van der Waals surface area (Å²) in [5, 5.41) is 0.122. The molecule has 0 saturated carbocycles. The van der Waals surface area contributed by atoms with E-state index in [2.05, 4.69) is 89.0 Å². The molecule has 2 aromatic rings. The number of amides is 1. The summed E-state index contributed by atoms with van der Waals surface area (Å²) >= 11 is 0. The third kappa shape index (κ3) is 5.73. The normalized spacial score (nSPS) is 14.4. The fourth-order valence-electron chi connectivity index (χ4n) is 3.45. The molecule has 1 aromatic carbocycles. The average molecular weight is 431 g/mol. The van der Waals surface area contributed by atoms with Crippen molar-refractivity contribution in [3.63, 3.8) is 0 Å². The fourth-order valence-corrected chi connectivity index (χ4v) is 4.89. The molecule has 2 rings (SSSR count). The summed E-state index contributed by atoms with van der Waals surface area (Å²) in [6, 6.07) is 8.51. The molecule has 1 heterocycles. The summed E-state index contributed by atoms with van der Waals surface area (Å²) in [6.45, 7) is 13.4. The van der Waals surface area contributed by atoms with Gasteiger partial charge in [0.25, 0.3) is 5.91 Å². The summed E-state index contributed by atoms with van der Waals surface area (Å²) in [7, 11) is 2.18.